The number of ether oxygens (including phenoxy) is 1. The maximum atomic E-state index is 6.34. The Morgan fingerprint density at radius 2 is 2.10 bits per heavy atom. The first-order chi connectivity index (χ1) is 9.57. The van der Waals surface area contributed by atoms with Crippen LogP contribution in [0.3, 0.4) is 0 Å². The van der Waals surface area contributed by atoms with Crippen LogP contribution in [-0.4, -0.2) is 26.8 Å². The molecule has 0 spiro atoms. The minimum Gasteiger partial charge on any atom is -0.383 e. The summed E-state index contributed by atoms with van der Waals surface area (Å²) >= 11 is 12.5. The van der Waals surface area contributed by atoms with Crippen molar-refractivity contribution in [3.63, 3.8) is 0 Å². The third kappa shape index (κ3) is 4.11. The van der Waals surface area contributed by atoms with Crippen LogP contribution in [0.5, 0.6) is 0 Å². The van der Waals surface area contributed by atoms with Gasteiger partial charge in [-0.2, -0.15) is 0 Å². The second-order valence-electron chi connectivity index (χ2n) is 5.99. The Morgan fingerprint density at radius 3 is 2.75 bits per heavy atom. The lowest BCUT2D eigenvalue weighted by molar-refractivity contribution is 0.187. The van der Waals surface area contributed by atoms with E-state index < -0.39 is 0 Å². The first kappa shape index (κ1) is 16.1. The number of halogens is 2. The summed E-state index contributed by atoms with van der Waals surface area (Å²) in [6.07, 6.45) is 3.61. The molecule has 0 aromatic heterocycles. The molecule has 1 N–H and O–H groups in total. The van der Waals surface area contributed by atoms with Crippen LogP contribution in [0.1, 0.15) is 25.3 Å². The monoisotopic (exact) mass is 315 g/mol. The lowest BCUT2D eigenvalue weighted by atomic mass is 9.79. The number of rotatable bonds is 8. The summed E-state index contributed by atoms with van der Waals surface area (Å²) in [5.41, 5.74) is 1.39. The van der Waals surface area contributed by atoms with E-state index in [4.69, 9.17) is 27.9 Å². The summed E-state index contributed by atoms with van der Waals surface area (Å²) in [4.78, 5) is 0. The van der Waals surface area contributed by atoms with E-state index in [1.54, 1.807) is 7.11 Å². The van der Waals surface area contributed by atoms with Gasteiger partial charge in [-0.1, -0.05) is 42.3 Å². The number of benzene rings is 1. The second-order valence-corrected chi connectivity index (χ2v) is 6.77. The fraction of sp³-hybridized carbons (Fsp3) is 0.625. The van der Waals surface area contributed by atoms with Crippen LogP contribution in [0.2, 0.25) is 10.0 Å². The minimum atomic E-state index is 0.238. The molecule has 1 aromatic carbocycles. The number of hydrogen-bond acceptors (Lipinski definition) is 2. The van der Waals surface area contributed by atoms with E-state index in [0.717, 1.165) is 37.6 Å². The summed E-state index contributed by atoms with van der Waals surface area (Å²) in [6.45, 7) is 4.98. The Hall–Kier alpha value is -0.280. The van der Waals surface area contributed by atoms with Crippen LogP contribution < -0.4 is 5.32 Å². The van der Waals surface area contributed by atoms with Crippen LogP contribution in [0, 0.1) is 11.3 Å². The van der Waals surface area contributed by atoms with Gasteiger partial charge in [0.05, 0.1) is 16.7 Å². The number of hydrogen-bond donors (Lipinski definition) is 1. The molecule has 1 atom stereocenters. The highest BCUT2D eigenvalue weighted by Gasteiger charge is 2.41. The molecule has 1 fully saturated rings. The van der Waals surface area contributed by atoms with Gasteiger partial charge in [-0.15, -0.1) is 0 Å². The van der Waals surface area contributed by atoms with Gasteiger partial charge in [0.25, 0.3) is 0 Å². The van der Waals surface area contributed by atoms with Crippen molar-refractivity contribution in [2.75, 3.05) is 26.8 Å². The van der Waals surface area contributed by atoms with Crippen molar-refractivity contribution < 1.29 is 4.74 Å². The zero-order valence-electron chi connectivity index (χ0n) is 12.2. The molecule has 112 valence electrons. The maximum absolute atomic E-state index is 6.34. The van der Waals surface area contributed by atoms with Crippen LogP contribution in [0.25, 0.3) is 0 Å². The van der Waals surface area contributed by atoms with Gasteiger partial charge in [-0.3, -0.25) is 0 Å². The average Bonchev–Trinajstić information content (AvgIpc) is 3.25. The number of methoxy groups -OCH3 is 1. The molecule has 4 heteroatoms. The van der Waals surface area contributed by atoms with Crippen molar-refractivity contribution >= 4 is 23.2 Å². The molecule has 20 heavy (non-hydrogen) atoms. The van der Waals surface area contributed by atoms with Crippen molar-refractivity contribution in [3.8, 4) is 0 Å². The molecular formula is C16H23Cl2NO. The summed E-state index contributed by atoms with van der Waals surface area (Å²) < 4.78 is 5.08. The maximum Gasteiger partial charge on any atom is 0.0624 e. The molecule has 0 saturated heterocycles. The summed E-state index contributed by atoms with van der Waals surface area (Å²) in [5.74, 6) is 0.785. The van der Waals surface area contributed by atoms with Crippen molar-refractivity contribution in [1.29, 1.82) is 0 Å². The molecule has 2 rings (SSSR count). The van der Waals surface area contributed by atoms with Crippen LogP contribution in [-0.2, 0) is 11.2 Å². The van der Waals surface area contributed by atoms with Crippen molar-refractivity contribution in [2.45, 2.75) is 26.2 Å². The van der Waals surface area contributed by atoms with Gasteiger partial charge < -0.3 is 10.1 Å². The Balaban J connectivity index is 2.03. The van der Waals surface area contributed by atoms with Crippen LogP contribution >= 0.6 is 23.2 Å². The molecule has 1 saturated carbocycles. The molecule has 0 radical (unpaired) electrons. The molecule has 2 nitrogen and oxygen atoms in total. The summed E-state index contributed by atoms with van der Waals surface area (Å²) in [5, 5.41) is 4.86. The third-order valence-corrected chi connectivity index (χ3v) is 5.06. The summed E-state index contributed by atoms with van der Waals surface area (Å²) in [6, 6.07) is 5.91. The zero-order chi connectivity index (χ0) is 14.6. The lowest BCUT2D eigenvalue weighted by Gasteiger charge is -2.31. The molecule has 0 bridgehead atoms. The average molecular weight is 316 g/mol. The Labute approximate surface area is 131 Å². The lowest BCUT2D eigenvalue weighted by Crippen LogP contribution is -2.37. The highest BCUT2D eigenvalue weighted by atomic mass is 35.5. The van der Waals surface area contributed by atoms with Crippen molar-refractivity contribution in [3.05, 3.63) is 33.8 Å². The van der Waals surface area contributed by atoms with Gasteiger partial charge in [0.1, 0.15) is 0 Å². The molecule has 0 aliphatic heterocycles. The Kier molecular flexibility index (Phi) is 5.74. The van der Waals surface area contributed by atoms with E-state index >= 15 is 0 Å². The largest absolute Gasteiger partial charge is 0.383 e. The highest BCUT2D eigenvalue weighted by molar-refractivity contribution is 6.42. The molecule has 1 unspecified atom stereocenters. The SMILES string of the molecule is COCCNCC(C)(Cc1cccc(Cl)c1Cl)C1CC1. The Bertz CT molecular complexity index is 448. The normalized spacial score (nSPS) is 18.0. The predicted octanol–water partition coefficient (Wildman–Crippen LogP) is 4.19. The quantitative estimate of drug-likeness (QED) is 0.726. The first-order valence-corrected chi connectivity index (χ1v) is 7.95. The third-order valence-electron chi connectivity index (χ3n) is 4.20. The molecule has 1 aliphatic rings. The van der Waals surface area contributed by atoms with E-state index in [2.05, 4.69) is 18.3 Å². The first-order valence-electron chi connectivity index (χ1n) is 7.19. The topological polar surface area (TPSA) is 21.3 Å². The predicted molar refractivity (Wildman–Crippen MR) is 85.7 cm³/mol. The fourth-order valence-corrected chi connectivity index (χ4v) is 3.19. The van der Waals surface area contributed by atoms with E-state index in [1.165, 1.54) is 12.8 Å². The fourth-order valence-electron chi connectivity index (χ4n) is 2.80. The van der Waals surface area contributed by atoms with E-state index in [0.29, 0.717) is 10.0 Å². The van der Waals surface area contributed by atoms with Gasteiger partial charge in [0, 0.05) is 20.2 Å². The zero-order valence-corrected chi connectivity index (χ0v) is 13.7. The molecular weight excluding hydrogens is 293 g/mol. The van der Waals surface area contributed by atoms with Gasteiger partial charge in [0.2, 0.25) is 0 Å². The van der Waals surface area contributed by atoms with E-state index in [1.807, 2.05) is 12.1 Å². The van der Waals surface area contributed by atoms with Crippen molar-refractivity contribution in [1.82, 2.24) is 5.32 Å². The summed E-state index contributed by atoms with van der Waals surface area (Å²) in [7, 11) is 1.73. The smallest absolute Gasteiger partial charge is 0.0624 e. The molecule has 0 heterocycles. The standard InChI is InChI=1S/C16H23Cl2NO/c1-16(13-6-7-13,11-19-8-9-20-2)10-12-4-3-5-14(17)15(12)18/h3-5,13,19H,6-11H2,1-2H3. The van der Waals surface area contributed by atoms with E-state index in [9.17, 15) is 0 Å². The van der Waals surface area contributed by atoms with Gasteiger partial charge >= 0.3 is 0 Å². The van der Waals surface area contributed by atoms with Crippen LogP contribution in [0.4, 0.5) is 0 Å². The molecule has 0 amide bonds. The van der Waals surface area contributed by atoms with Gasteiger partial charge in [-0.05, 0) is 42.2 Å². The van der Waals surface area contributed by atoms with Crippen molar-refractivity contribution in [2.24, 2.45) is 11.3 Å². The number of nitrogens with one attached hydrogen (secondary N) is 1. The van der Waals surface area contributed by atoms with E-state index in [-0.39, 0.29) is 5.41 Å². The highest BCUT2D eigenvalue weighted by Crippen LogP contribution is 2.48. The van der Waals surface area contributed by atoms with Gasteiger partial charge in [-0.25, -0.2) is 0 Å². The second kappa shape index (κ2) is 7.13. The minimum absolute atomic E-state index is 0.238. The molecule has 1 aliphatic carbocycles. The van der Waals surface area contributed by atoms with Gasteiger partial charge in [0.15, 0.2) is 0 Å². The molecule has 1 aromatic rings. The van der Waals surface area contributed by atoms with Crippen LogP contribution in [0.15, 0.2) is 18.2 Å². The Morgan fingerprint density at radius 1 is 1.35 bits per heavy atom.